The van der Waals surface area contributed by atoms with E-state index in [1.165, 1.54) is 6.21 Å². The van der Waals surface area contributed by atoms with Gasteiger partial charge < -0.3 is 9.47 Å². The highest BCUT2D eigenvalue weighted by Gasteiger charge is 2.19. The average molecular weight is 434 g/mol. The van der Waals surface area contributed by atoms with Gasteiger partial charge in [-0.2, -0.15) is 10.4 Å². The van der Waals surface area contributed by atoms with E-state index >= 15 is 0 Å². The van der Waals surface area contributed by atoms with Gasteiger partial charge in [0.05, 0.1) is 12.3 Å². The summed E-state index contributed by atoms with van der Waals surface area (Å²) in [4.78, 5) is 12.2. The second-order valence-corrected chi connectivity index (χ2v) is 6.86. The Labute approximate surface area is 185 Å². The standard InChI is InChI=1S/C24H20ClN3O3/c25-20-8-12-22(13-9-20)31-15-14-30-21-10-6-18(7-11-21)17-27-28-24(29)23(16-26)19-4-2-1-3-5-19/h1-13,17,23H,14-15H2,(H,28,29)/b27-17-/t23-/m1/s1. The van der Waals surface area contributed by atoms with Crippen LogP contribution in [0.4, 0.5) is 0 Å². The molecule has 0 saturated carbocycles. The maximum absolute atomic E-state index is 12.2. The molecule has 1 atom stereocenters. The Morgan fingerprint density at radius 2 is 1.55 bits per heavy atom. The number of amides is 1. The molecule has 31 heavy (non-hydrogen) atoms. The van der Waals surface area contributed by atoms with Gasteiger partial charge in [0, 0.05) is 5.02 Å². The first kappa shape index (κ1) is 21.9. The zero-order valence-corrected chi connectivity index (χ0v) is 17.3. The lowest BCUT2D eigenvalue weighted by Gasteiger charge is -2.08. The molecule has 0 aromatic heterocycles. The summed E-state index contributed by atoms with van der Waals surface area (Å²) in [5, 5.41) is 13.9. The predicted molar refractivity (Wildman–Crippen MR) is 119 cm³/mol. The van der Waals surface area contributed by atoms with Crippen LogP contribution in [-0.4, -0.2) is 25.3 Å². The summed E-state index contributed by atoms with van der Waals surface area (Å²) >= 11 is 5.84. The summed E-state index contributed by atoms with van der Waals surface area (Å²) in [6.07, 6.45) is 1.50. The Bertz CT molecular complexity index is 1050. The molecule has 0 unspecified atom stereocenters. The fraction of sp³-hybridized carbons (Fsp3) is 0.125. The average Bonchev–Trinajstić information content (AvgIpc) is 2.80. The van der Waals surface area contributed by atoms with Crippen LogP contribution in [-0.2, 0) is 4.79 Å². The molecule has 1 N–H and O–H groups in total. The number of carbonyl (C=O) groups excluding carboxylic acids is 1. The van der Waals surface area contributed by atoms with Crippen LogP contribution in [0.3, 0.4) is 0 Å². The van der Waals surface area contributed by atoms with E-state index in [1.54, 1.807) is 60.7 Å². The van der Waals surface area contributed by atoms with Gasteiger partial charge in [-0.25, -0.2) is 5.43 Å². The maximum atomic E-state index is 12.2. The molecule has 0 spiro atoms. The molecule has 0 aliphatic heterocycles. The molecule has 7 heteroatoms. The monoisotopic (exact) mass is 433 g/mol. The number of nitriles is 1. The van der Waals surface area contributed by atoms with Gasteiger partial charge in [-0.1, -0.05) is 41.9 Å². The van der Waals surface area contributed by atoms with Gasteiger partial charge >= 0.3 is 0 Å². The highest BCUT2D eigenvalue weighted by Crippen LogP contribution is 2.16. The number of halogens is 1. The minimum Gasteiger partial charge on any atom is -0.490 e. The van der Waals surface area contributed by atoms with E-state index in [0.29, 0.717) is 29.5 Å². The van der Waals surface area contributed by atoms with Crippen molar-refractivity contribution in [2.24, 2.45) is 5.10 Å². The Kier molecular flexibility index (Phi) is 8.04. The Balaban J connectivity index is 1.43. The first-order valence-electron chi connectivity index (χ1n) is 9.54. The number of benzene rings is 3. The molecule has 156 valence electrons. The Morgan fingerprint density at radius 1 is 0.968 bits per heavy atom. The van der Waals surface area contributed by atoms with E-state index < -0.39 is 11.8 Å². The van der Waals surface area contributed by atoms with E-state index in [-0.39, 0.29) is 0 Å². The first-order chi connectivity index (χ1) is 15.2. The van der Waals surface area contributed by atoms with Crippen molar-refractivity contribution in [2.75, 3.05) is 13.2 Å². The molecular weight excluding hydrogens is 414 g/mol. The maximum Gasteiger partial charge on any atom is 0.261 e. The lowest BCUT2D eigenvalue weighted by Crippen LogP contribution is -2.24. The van der Waals surface area contributed by atoms with Crippen LogP contribution in [0.1, 0.15) is 17.0 Å². The molecule has 3 rings (SSSR count). The summed E-state index contributed by atoms with van der Waals surface area (Å²) in [7, 11) is 0. The number of ether oxygens (including phenoxy) is 2. The Morgan fingerprint density at radius 3 is 2.13 bits per heavy atom. The second kappa shape index (κ2) is 11.4. The summed E-state index contributed by atoms with van der Waals surface area (Å²) in [5.74, 6) is 0.0248. The second-order valence-electron chi connectivity index (χ2n) is 6.43. The summed E-state index contributed by atoms with van der Waals surface area (Å²) in [6, 6.07) is 25.2. The number of hydrogen-bond donors (Lipinski definition) is 1. The molecule has 0 aliphatic rings. The highest BCUT2D eigenvalue weighted by molar-refractivity contribution is 6.30. The number of rotatable bonds is 9. The molecular formula is C24H20ClN3O3. The fourth-order valence-corrected chi connectivity index (χ4v) is 2.79. The third-order valence-corrected chi connectivity index (χ3v) is 4.48. The lowest BCUT2D eigenvalue weighted by molar-refractivity contribution is -0.121. The highest BCUT2D eigenvalue weighted by atomic mass is 35.5. The molecule has 0 heterocycles. The molecule has 3 aromatic carbocycles. The first-order valence-corrected chi connectivity index (χ1v) is 9.92. The number of hydrogen-bond acceptors (Lipinski definition) is 5. The van der Waals surface area contributed by atoms with E-state index in [9.17, 15) is 10.1 Å². The van der Waals surface area contributed by atoms with Crippen LogP contribution in [0.25, 0.3) is 0 Å². The summed E-state index contributed by atoms with van der Waals surface area (Å²) in [6.45, 7) is 0.791. The Hall–Kier alpha value is -3.82. The lowest BCUT2D eigenvalue weighted by atomic mass is 10.0. The van der Waals surface area contributed by atoms with E-state index in [2.05, 4.69) is 10.5 Å². The van der Waals surface area contributed by atoms with Crippen LogP contribution in [0.5, 0.6) is 11.5 Å². The van der Waals surface area contributed by atoms with Gasteiger partial charge in [0.2, 0.25) is 0 Å². The molecule has 6 nitrogen and oxygen atoms in total. The van der Waals surface area contributed by atoms with Crippen molar-refractivity contribution in [1.82, 2.24) is 5.43 Å². The third-order valence-electron chi connectivity index (χ3n) is 4.23. The molecule has 0 radical (unpaired) electrons. The fourth-order valence-electron chi connectivity index (χ4n) is 2.66. The van der Waals surface area contributed by atoms with Crippen LogP contribution in [0.15, 0.2) is 84.0 Å². The van der Waals surface area contributed by atoms with Crippen LogP contribution < -0.4 is 14.9 Å². The van der Waals surface area contributed by atoms with Crippen molar-refractivity contribution in [3.63, 3.8) is 0 Å². The minimum atomic E-state index is -0.913. The number of carbonyl (C=O) groups is 1. The molecule has 0 aliphatic carbocycles. The zero-order valence-electron chi connectivity index (χ0n) is 16.6. The van der Waals surface area contributed by atoms with Gasteiger partial charge in [0.15, 0.2) is 5.92 Å². The molecule has 1 amide bonds. The number of nitrogens with zero attached hydrogens (tertiary/aromatic N) is 2. The van der Waals surface area contributed by atoms with E-state index in [4.69, 9.17) is 21.1 Å². The zero-order chi connectivity index (χ0) is 21.9. The molecule has 3 aromatic rings. The van der Waals surface area contributed by atoms with Crippen molar-refractivity contribution >= 4 is 23.7 Å². The van der Waals surface area contributed by atoms with Crippen molar-refractivity contribution in [3.05, 3.63) is 95.0 Å². The predicted octanol–water partition coefficient (Wildman–Crippen LogP) is 4.56. The van der Waals surface area contributed by atoms with E-state index in [0.717, 1.165) is 11.3 Å². The summed E-state index contributed by atoms with van der Waals surface area (Å²) in [5.41, 5.74) is 3.81. The van der Waals surface area contributed by atoms with Gasteiger partial charge in [-0.05, 0) is 59.7 Å². The van der Waals surface area contributed by atoms with Gasteiger partial charge in [0.1, 0.15) is 24.7 Å². The van der Waals surface area contributed by atoms with E-state index in [1.807, 2.05) is 24.3 Å². The van der Waals surface area contributed by atoms with Gasteiger partial charge in [-0.3, -0.25) is 4.79 Å². The van der Waals surface area contributed by atoms with Crippen molar-refractivity contribution in [1.29, 1.82) is 5.26 Å². The topological polar surface area (TPSA) is 83.7 Å². The smallest absolute Gasteiger partial charge is 0.261 e. The molecule has 0 saturated heterocycles. The van der Waals surface area contributed by atoms with Gasteiger partial charge in [0.25, 0.3) is 5.91 Å². The number of nitrogens with one attached hydrogen (secondary N) is 1. The summed E-state index contributed by atoms with van der Waals surface area (Å²) < 4.78 is 11.2. The van der Waals surface area contributed by atoms with Crippen LogP contribution in [0, 0.1) is 11.3 Å². The SMILES string of the molecule is N#C[C@@H](C(=O)N/N=C\c1ccc(OCCOc2ccc(Cl)cc2)cc1)c1ccccc1. The van der Waals surface area contributed by atoms with Gasteiger partial charge in [-0.15, -0.1) is 0 Å². The quantitative estimate of drug-likeness (QED) is 0.304. The van der Waals surface area contributed by atoms with Crippen molar-refractivity contribution in [3.8, 4) is 17.6 Å². The normalized spacial score (nSPS) is 11.5. The third kappa shape index (κ3) is 6.88. The largest absolute Gasteiger partial charge is 0.490 e. The minimum absolute atomic E-state index is 0.390. The molecule has 0 bridgehead atoms. The molecule has 0 fully saturated rings. The van der Waals surface area contributed by atoms with Crippen LogP contribution in [0.2, 0.25) is 5.02 Å². The van der Waals surface area contributed by atoms with Crippen LogP contribution >= 0.6 is 11.6 Å². The van der Waals surface area contributed by atoms with Crippen molar-refractivity contribution < 1.29 is 14.3 Å². The van der Waals surface area contributed by atoms with Crippen molar-refractivity contribution in [2.45, 2.75) is 5.92 Å². The number of hydrazone groups is 1.